The van der Waals surface area contributed by atoms with Gasteiger partial charge in [0.2, 0.25) is 0 Å². The second-order valence-electron chi connectivity index (χ2n) is 3.41. The number of nitrogens with two attached hydrogens (primary N) is 1. The van der Waals surface area contributed by atoms with Crippen molar-refractivity contribution in [1.82, 2.24) is 4.98 Å². The van der Waals surface area contributed by atoms with Gasteiger partial charge in [0.25, 0.3) is 0 Å². The minimum absolute atomic E-state index is 0.599. The average Bonchev–Trinajstić information content (AvgIpc) is 2.34. The van der Waals surface area contributed by atoms with Gasteiger partial charge in [-0.2, -0.15) is 5.26 Å². The van der Waals surface area contributed by atoms with E-state index in [1.165, 1.54) is 0 Å². The highest BCUT2D eigenvalue weighted by molar-refractivity contribution is 9.10. The third-order valence-corrected chi connectivity index (χ3v) is 2.74. The lowest BCUT2D eigenvalue weighted by Gasteiger charge is -2.07. The standard InChI is InChI=1S/C12H9BrN4/c13-11-5-9(15)7-16-12(11)17-10-3-1-8(6-14)2-4-10/h1-5,7H,15H2,(H,16,17). The summed E-state index contributed by atoms with van der Waals surface area (Å²) in [5.74, 6) is 0.684. The normalized spacial score (nSPS) is 9.65. The maximum atomic E-state index is 8.69. The topological polar surface area (TPSA) is 74.7 Å². The van der Waals surface area contributed by atoms with Crippen molar-refractivity contribution in [3.8, 4) is 6.07 Å². The summed E-state index contributed by atoms with van der Waals surface area (Å²) in [6, 6.07) is 11.0. The molecule has 0 saturated heterocycles. The number of pyridine rings is 1. The quantitative estimate of drug-likeness (QED) is 0.891. The van der Waals surface area contributed by atoms with Crippen LogP contribution >= 0.6 is 15.9 Å². The van der Waals surface area contributed by atoms with Crippen LogP contribution in [-0.2, 0) is 0 Å². The highest BCUT2D eigenvalue weighted by Crippen LogP contribution is 2.25. The monoisotopic (exact) mass is 288 g/mol. The first-order valence-electron chi connectivity index (χ1n) is 4.87. The van der Waals surface area contributed by atoms with Crippen LogP contribution in [0.25, 0.3) is 0 Å². The summed E-state index contributed by atoms with van der Waals surface area (Å²) in [6.07, 6.45) is 1.58. The Balaban J connectivity index is 2.23. The van der Waals surface area contributed by atoms with Crippen LogP contribution in [0.5, 0.6) is 0 Å². The SMILES string of the molecule is N#Cc1ccc(Nc2ncc(N)cc2Br)cc1. The van der Waals surface area contributed by atoms with Gasteiger partial charge in [0.15, 0.2) is 0 Å². The summed E-state index contributed by atoms with van der Waals surface area (Å²) in [4.78, 5) is 4.17. The molecule has 0 aliphatic heterocycles. The van der Waals surface area contributed by atoms with Crippen LogP contribution in [-0.4, -0.2) is 4.98 Å². The fraction of sp³-hybridized carbons (Fsp3) is 0. The van der Waals surface area contributed by atoms with Crippen molar-refractivity contribution in [3.05, 3.63) is 46.6 Å². The molecule has 0 aliphatic carbocycles. The van der Waals surface area contributed by atoms with Crippen LogP contribution in [0.2, 0.25) is 0 Å². The number of benzene rings is 1. The van der Waals surface area contributed by atoms with Crippen molar-refractivity contribution < 1.29 is 0 Å². The molecule has 0 bridgehead atoms. The van der Waals surface area contributed by atoms with Gasteiger partial charge in [-0.3, -0.25) is 0 Å². The molecule has 2 rings (SSSR count). The zero-order valence-electron chi connectivity index (χ0n) is 8.81. The van der Waals surface area contributed by atoms with E-state index in [2.05, 4.69) is 32.3 Å². The van der Waals surface area contributed by atoms with Gasteiger partial charge in [-0.05, 0) is 46.3 Å². The molecule has 0 aliphatic rings. The molecule has 1 aromatic carbocycles. The Labute approximate surface area is 107 Å². The molecule has 17 heavy (non-hydrogen) atoms. The van der Waals surface area contributed by atoms with Crippen molar-refractivity contribution in [1.29, 1.82) is 5.26 Å². The van der Waals surface area contributed by atoms with E-state index in [1.807, 2.05) is 12.1 Å². The molecular formula is C12H9BrN4. The number of aromatic nitrogens is 1. The lowest BCUT2D eigenvalue weighted by atomic mass is 10.2. The second-order valence-corrected chi connectivity index (χ2v) is 4.27. The van der Waals surface area contributed by atoms with Crippen LogP contribution in [0.15, 0.2) is 41.0 Å². The minimum atomic E-state index is 0.599. The molecule has 0 radical (unpaired) electrons. The van der Waals surface area contributed by atoms with Gasteiger partial charge in [0.1, 0.15) is 5.82 Å². The number of anilines is 3. The maximum Gasteiger partial charge on any atom is 0.144 e. The van der Waals surface area contributed by atoms with Crippen LogP contribution in [0.4, 0.5) is 17.2 Å². The largest absolute Gasteiger partial charge is 0.397 e. The lowest BCUT2D eigenvalue weighted by Crippen LogP contribution is -1.96. The van der Waals surface area contributed by atoms with E-state index in [4.69, 9.17) is 11.0 Å². The molecular weight excluding hydrogens is 280 g/mol. The Morgan fingerprint density at radius 3 is 2.59 bits per heavy atom. The first-order chi connectivity index (χ1) is 8.19. The molecule has 0 amide bonds. The van der Waals surface area contributed by atoms with E-state index in [1.54, 1.807) is 24.4 Å². The van der Waals surface area contributed by atoms with Crippen molar-refractivity contribution in [2.24, 2.45) is 0 Å². The van der Waals surface area contributed by atoms with Gasteiger partial charge in [0, 0.05) is 5.69 Å². The third kappa shape index (κ3) is 2.74. The molecule has 2 aromatic rings. The summed E-state index contributed by atoms with van der Waals surface area (Å²) in [5.41, 5.74) is 7.69. The van der Waals surface area contributed by atoms with Crippen LogP contribution in [0, 0.1) is 11.3 Å². The summed E-state index contributed by atoms with van der Waals surface area (Å²) < 4.78 is 0.793. The van der Waals surface area contributed by atoms with E-state index >= 15 is 0 Å². The zero-order valence-corrected chi connectivity index (χ0v) is 10.4. The first kappa shape index (κ1) is 11.4. The van der Waals surface area contributed by atoms with Gasteiger partial charge in [0.05, 0.1) is 28.0 Å². The van der Waals surface area contributed by atoms with Gasteiger partial charge in [-0.25, -0.2) is 4.98 Å². The Morgan fingerprint density at radius 1 is 1.29 bits per heavy atom. The molecule has 1 aromatic heterocycles. The van der Waals surface area contributed by atoms with E-state index in [9.17, 15) is 0 Å². The summed E-state index contributed by atoms with van der Waals surface area (Å²) in [5, 5.41) is 11.8. The van der Waals surface area contributed by atoms with Crippen molar-refractivity contribution in [2.75, 3.05) is 11.1 Å². The third-order valence-electron chi connectivity index (χ3n) is 2.14. The number of nitrogens with one attached hydrogen (secondary N) is 1. The minimum Gasteiger partial charge on any atom is -0.397 e. The summed E-state index contributed by atoms with van der Waals surface area (Å²) in [6.45, 7) is 0. The Kier molecular flexibility index (Phi) is 3.26. The van der Waals surface area contributed by atoms with Gasteiger partial charge in [-0.1, -0.05) is 0 Å². The van der Waals surface area contributed by atoms with Gasteiger partial charge in [-0.15, -0.1) is 0 Å². The van der Waals surface area contributed by atoms with Crippen molar-refractivity contribution in [3.63, 3.8) is 0 Å². The molecule has 84 valence electrons. The summed E-state index contributed by atoms with van der Waals surface area (Å²) >= 11 is 3.38. The number of nitrogens with zero attached hydrogens (tertiary/aromatic N) is 2. The molecule has 3 N–H and O–H groups in total. The molecule has 0 spiro atoms. The van der Waals surface area contributed by atoms with E-state index in [0.717, 1.165) is 10.2 Å². The predicted molar refractivity (Wildman–Crippen MR) is 70.8 cm³/mol. The highest BCUT2D eigenvalue weighted by atomic mass is 79.9. The molecule has 5 heteroatoms. The number of hydrogen-bond acceptors (Lipinski definition) is 4. The zero-order chi connectivity index (χ0) is 12.3. The number of rotatable bonds is 2. The van der Waals surface area contributed by atoms with Crippen molar-refractivity contribution >= 4 is 33.1 Å². The lowest BCUT2D eigenvalue weighted by molar-refractivity contribution is 1.29. The fourth-order valence-electron chi connectivity index (χ4n) is 1.31. The van der Waals surface area contributed by atoms with E-state index < -0.39 is 0 Å². The Bertz CT molecular complexity index is 572. The van der Waals surface area contributed by atoms with Crippen LogP contribution in [0.3, 0.4) is 0 Å². The number of nitriles is 1. The molecule has 0 saturated carbocycles. The van der Waals surface area contributed by atoms with Crippen LogP contribution in [0.1, 0.15) is 5.56 Å². The highest BCUT2D eigenvalue weighted by Gasteiger charge is 2.02. The maximum absolute atomic E-state index is 8.69. The number of hydrogen-bond donors (Lipinski definition) is 2. The summed E-state index contributed by atoms with van der Waals surface area (Å²) in [7, 11) is 0. The number of halogens is 1. The molecule has 0 fully saturated rings. The second kappa shape index (κ2) is 4.85. The fourth-order valence-corrected chi connectivity index (χ4v) is 1.78. The first-order valence-corrected chi connectivity index (χ1v) is 5.66. The van der Waals surface area contributed by atoms with Crippen molar-refractivity contribution in [2.45, 2.75) is 0 Å². The molecule has 0 unspecified atom stereocenters. The molecule has 1 heterocycles. The number of nitrogen functional groups attached to an aromatic ring is 1. The van der Waals surface area contributed by atoms with Crippen LogP contribution < -0.4 is 11.1 Å². The van der Waals surface area contributed by atoms with E-state index in [-0.39, 0.29) is 0 Å². The Morgan fingerprint density at radius 2 is 2.00 bits per heavy atom. The van der Waals surface area contributed by atoms with E-state index in [0.29, 0.717) is 17.1 Å². The van der Waals surface area contributed by atoms with Gasteiger partial charge >= 0.3 is 0 Å². The Hall–Kier alpha value is -2.06. The van der Waals surface area contributed by atoms with Gasteiger partial charge < -0.3 is 11.1 Å². The predicted octanol–water partition coefficient (Wildman–Crippen LogP) is 3.04. The average molecular weight is 289 g/mol. The molecule has 0 atom stereocenters. The smallest absolute Gasteiger partial charge is 0.144 e. The molecule has 4 nitrogen and oxygen atoms in total.